The highest BCUT2D eigenvalue weighted by Gasteiger charge is 2.67. The number of hydrogen-bond acceptors (Lipinski definition) is 3. The number of hydrogen-bond donors (Lipinski definition) is 1. The molecule has 2 N–H and O–H groups in total. The van der Waals surface area contributed by atoms with Gasteiger partial charge in [0.15, 0.2) is 0 Å². The summed E-state index contributed by atoms with van der Waals surface area (Å²) in [6, 6.07) is 0. The van der Waals surface area contributed by atoms with Crippen LogP contribution in [0.3, 0.4) is 0 Å². The molecule has 4 aliphatic rings. The zero-order valence-corrected chi connectivity index (χ0v) is 10.3. The van der Waals surface area contributed by atoms with E-state index in [2.05, 4.69) is 5.10 Å². The van der Waals surface area contributed by atoms with E-state index in [1.165, 1.54) is 0 Å². The summed E-state index contributed by atoms with van der Waals surface area (Å²) in [5.41, 5.74) is 6.85. The summed E-state index contributed by atoms with van der Waals surface area (Å²) in [5, 5.41) is 4.31. The van der Waals surface area contributed by atoms with Gasteiger partial charge < -0.3 is 10.6 Å². The summed E-state index contributed by atoms with van der Waals surface area (Å²) in [6.45, 7) is 0.0893. The third kappa shape index (κ3) is 1.47. The second-order valence-electron chi connectivity index (χ2n) is 6.40. The lowest BCUT2D eigenvalue weighted by Gasteiger charge is -2.68. The molecular weight excluding hydrogens is 257 g/mol. The molecule has 3 saturated carbocycles. The highest BCUT2D eigenvalue weighted by atomic mass is 19.4. The summed E-state index contributed by atoms with van der Waals surface area (Å²) in [6.07, 6.45) is 2.26. The first-order valence-corrected chi connectivity index (χ1v) is 6.46. The second kappa shape index (κ2) is 3.08. The van der Waals surface area contributed by atoms with Crippen LogP contribution in [0.1, 0.15) is 19.3 Å². The summed E-state index contributed by atoms with van der Waals surface area (Å²) in [7, 11) is 0. The van der Waals surface area contributed by atoms with Crippen LogP contribution in [-0.2, 0) is 5.54 Å². The van der Waals surface area contributed by atoms with Gasteiger partial charge in [-0.2, -0.15) is 18.3 Å². The predicted molar refractivity (Wildman–Crippen MR) is 62.7 cm³/mol. The van der Waals surface area contributed by atoms with Crippen molar-refractivity contribution in [3.63, 3.8) is 0 Å². The molecule has 0 unspecified atom stereocenters. The Labute approximate surface area is 108 Å². The Bertz CT molecular complexity index is 510. The first-order chi connectivity index (χ1) is 8.80. The van der Waals surface area contributed by atoms with Gasteiger partial charge in [-0.25, -0.2) is 0 Å². The molecule has 3 aliphatic carbocycles. The average Bonchev–Trinajstić information content (AvgIpc) is 2.55. The number of aromatic nitrogens is 2. The SMILES string of the molecule is NC12CC(n3cc(N4CC(C(F)(F)F)C4)cn3)(C1)C2. The molecule has 1 aliphatic heterocycles. The van der Waals surface area contributed by atoms with Crippen molar-refractivity contribution in [1.82, 2.24) is 9.78 Å². The highest BCUT2D eigenvalue weighted by molar-refractivity contribution is 5.46. The Morgan fingerprint density at radius 1 is 1.26 bits per heavy atom. The van der Waals surface area contributed by atoms with E-state index in [1.54, 1.807) is 11.1 Å². The number of nitrogens with two attached hydrogens (primary N) is 1. The molecule has 2 heterocycles. The van der Waals surface area contributed by atoms with Crippen LogP contribution in [-0.4, -0.2) is 34.6 Å². The average molecular weight is 272 g/mol. The molecule has 1 aromatic heterocycles. The second-order valence-corrected chi connectivity index (χ2v) is 6.40. The monoisotopic (exact) mass is 272 g/mol. The summed E-state index contributed by atoms with van der Waals surface area (Å²) < 4.78 is 39.2. The minimum atomic E-state index is -4.08. The van der Waals surface area contributed by atoms with Gasteiger partial charge in [-0.3, -0.25) is 4.68 Å². The van der Waals surface area contributed by atoms with Gasteiger partial charge in [0.2, 0.25) is 0 Å². The van der Waals surface area contributed by atoms with Crippen LogP contribution in [0.2, 0.25) is 0 Å². The quantitative estimate of drug-likeness (QED) is 0.887. The zero-order valence-electron chi connectivity index (χ0n) is 10.3. The van der Waals surface area contributed by atoms with Crippen LogP contribution in [0.25, 0.3) is 0 Å². The van der Waals surface area contributed by atoms with Crippen molar-refractivity contribution >= 4 is 5.69 Å². The minimum Gasteiger partial charge on any atom is -0.368 e. The zero-order chi connectivity index (χ0) is 13.5. The van der Waals surface area contributed by atoms with Crippen LogP contribution in [0.5, 0.6) is 0 Å². The molecule has 5 rings (SSSR count). The third-order valence-electron chi connectivity index (χ3n) is 4.81. The van der Waals surface area contributed by atoms with Crippen LogP contribution < -0.4 is 10.6 Å². The van der Waals surface area contributed by atoms with Crippen molar-refractivity contribution in [3.8, 4) is 0 Å². The largest absolute Gasteiger partial charge is 0.395 e. The van der Waals surface area contributed by atoms with Crippen molar-refractivity contribution in [2.75, 3.05) is 18.0 Å². The van der Waals surface area contributed by atoms with E-state index < -0.39 is 12.1 Å². The maximum atomic E-state index is 12.4. The fraction of sp³-hybridized carbons (Fsp3) is 0.750. The fourth-order valence-corrected chi connectivity index (χ4v) is 3.69. The molecule has 19 heavy (non-hydrogen) atoms. The number of rotatable bonds is 2. The molecule has 0 spiro atoms. The van der Waals surface area contributed by atoms with E-state index in [9.17, 15) is 13.2 Å². The van der Waals surface area contributed by atoms with Crippen LogP contribution >= 0.6 is 0 Å². The van der Waals surface area contributed by atoms with Gasteiger partial charge in [-0.15, -0.1) is 0 Å². The molecule has 104 valence electrons. The molecule has 0 amide bonds. The smallest absolute Gasteiger partial charge is 0.368 e. The molecule has 4 fully saturated rings. The van der Waals surface area contributed by atoms with E-state index in [-0.39, 0.29) is 24.2 Å². The van der Waals surface area contributed by atoms with Crippen molar-refractivity contribution in [2.24, 2.45) is 11.7 Å². The Morgan fingerprint density at radius 2 is 1.89 bits per heavy atom. The molecule has 0 radical (unpaired) electrons. The van der Waals surface area contributed by atoms with E-state index in [1.807, 2.05) is 10.9 Å². The Balaban J connectivity index is 1.44. The van der Waals surface area contributed by atoms with Gasteiger partial charge in [0.25, 0.3) is 0 Å². The summed E-state index contributed by atoms with van der Waals surface area (Å²) in [5.74, 6) is -1.20. The van der Waals surface area contributed by atoms with E-state index in [0.717, 1.165) is 24.9 Å². The molecule has 7 heteroatoms. The molecule has 0 atom stereocenters. The number of halogens is 3. The van der Waals surface area contributed by atoms with Gasteiger partial charge in [0, 0.05) is 24.8 Å². The van der Waals surface area contributed by atoms with Crippen molar-refractivity contribution < 1.29 is 13.2 Å². The van der Waals surface area contributed by atoms with Crippen LogP contribution in [0.15, 0.2) is 12.4 Å². The third-order valence-corrected chi connectivity index (χ3v) is 4.81. The topological polar surface area (TPSA) is 47.1 Å². The van der Waals surface area contributed by atoms with Gasteiger partial charge >= 0.3 is 6.18 Å². The number of anilines is 1. The maximum Gasteiger partial charge on any atom is 0.395 e. The van der Waals surface area contributed by atoms with Crippen molar-refractivity contribution in [3.05, 3.63) is 12.4 Å². The molecule has 4 nitrogen and oxygen atoms in total. The standard InChI is InChI=1S/C12H15F3N4/c13-12(14,15)8-2-18(3-8)9-1-17-19(4-9)11-5-10(16,6-11)7-11/h1,4,8H,2-3,5-7,16H2. The van der Waals surface area contributed by atoms with Crippen LogP contribution in [0, 0.1) is 5.92 Å². The number of alkyl halides is 3. The summed E-state index contributed by atoms with van der Waals surface area (Å²) in [4.78, 5) is 1.73. The van der Waals surface area contributed by atoms with Gasteiger partial charge in [0.1, 0.15) is 0 Å². The molecule has 1 aromatic rings. The van der Waals surface area contributed by atoms with Gasteiger partial charge in [-0.1, -0.05) is 0 Å². The number of nitrogens with zero attached hydrogens (tertiary/aromatic N) is 3. The first kappa shape index (κ1) is 11.6. The van der Waals surface area contributed by atoms with E-state index in [4.69, 9.17) is 5.73 Å². The lowest BCUT2D eigenvalue weighted by Crippen LogP contribution is -2.76. The normalized spacial score (nSPS) is 37.6. The summed E-state index contributed by atoms with van der Waals surface area (Å²) >= 11 is 0. The Hall–Kier alpha value is -1.24. The van der Waals surface area contributed by atoms with Crippen molar-refractivity contribution in [2.45, 2.75) is 36.5 Å². The van der Waals surface area contributed by atoms with Gasteiger partial charge in [-0.05, 0) is 19.3 Å². The van der Waals surface area contributed by atoms with Crippen LogP contribution in [0.4, 0.5) is 18.9 Å². The maximum absolute atomic E-state index is 12.4. The van der Waals surface area contributed by atoms with E-state index in [0.29, 0.717) is 0 Å². The highest BCUT2D eigenvalue weighted by Crippen LogP contribution is 2.63. The van der Waals surface area contributed by atoms with Gasteiger partial charge in [0.05, 0.1) is 23.3 Å². The van der Waals surface area contributed by atoms with Crippen molar-refractivity contribution in [1.29, 1.82) is 0 Å². The lowest BCUT2D eigenvalue weighted by molar-refractivity contribution is -0.180. The Kier molecular flexibility index (Phi) is 1.88. The fourth-order valence-electron chi connectivity index (χ4n) is 3.69. The lowest BCUT2D eigenvalue weighted by atomic mass is 9.45. The molecule has 2 bridgehead atoms. The molecule has 0 aromatic carbocycles. The minimum absolute atomic E-state index is 0.00421. The Morgan fingerprint density at radius 3 is 2.42 bits per heavy atom. The van der Waals surface area contributed by atoms with E-state index >= 15 is 0 Å². The predicted octanol–water partition coefficient (Wildman–Crippen LogP) is 1.47. The molecule has 1 saturated heterocycles. The first-order valence-electron chi connectivity index (χ1n) is 6.46. The molecular formula is C12H15F3N4.